The summed E-state index contributed by atoms with van der Waals surface area (Å²) in [6, 6.07) is 0. The molecule has 0 spiro atoms. The van der Waals surface area contributed by atoms with Gasteiger partial charge in [-0.05, 0) is 49.6 Å². The van der Waals surface area contributed by atoms with Gasteiger partial charge in [0.2, 0.25) is 0 Å². The molecule has 0 N–H and O–H groups in total. The first kappa shape index (κ1) is 24.8. The van der Waals surface area contributed by atoms with Crippen LogP contribution < -0.4 is 4.74 Å². The lowest BCUT2D eigenvalue weighted by molar-refractivity contribution is -0.134. The smallest absolute Gasteiger partial charge is 0.273 e. The Hall–Kier alpha value is -1.87. The van der Waals surface area contributed by atoms with Gasteiger partial charge in [-0.3, -0.25) is 9.48 Å². The first-order chi connectivity index (χ1) is 16.8. The van der Waals surface area contributed by atoms with Gasteiger partial charge in [-0.1, -0.05) is 24.2 Å². The van der Waals surface area contributed by atoms with Crippen molar-refractivity contribution in [1.82, 2.24) is 19.7 Å². The molecule has 0 saturated heterocycles. The molecule has 35 heavy (non-hydrogen) atoms. The zero-order valence-corrected chi connectivity index (χ0v) is 21.4. The van der Waals surface area contributed by atoms with Gasteiger partial charge in [0.15, 0.2) is 0 Å². The molecule has 2 saturated carbocycles. The fourth-order valence-corrected chi connectivity index (χ4v) is 6.78. The van der Waals surface area contributed by atoms with Crippen LogP contribution in [0.3, 0.4) is 0 Å². The molecule has 3 heterocycles. The van der Waals surface area contributed by atoms with Crippen molar-refractivity contribution in [1.29, 1.82) is 0 Å². The topological polar surface area (TPSA) is 60.2 Å². The van der Waals surface area contributed by atoms with Crippen molar-refractivity contribution >= 4 is 17.1 Å². The van der Waals surface area contributed by atoms with Crippen LogP contribution in [0.4, 0.5) is 8.78 Å². The second-order valence-electron chi connectivity index (χ2n) is 10.8. The number of halogens is 2. The third-order valence-electron chi connectivity index (χ3n) is 7.89. The van der Waals surface area contributed by atoms with E-state index in [1.165, 1.54) is 37.0 Å². The van der Waals surface area contributed by atoms with E-state index in [2.05, 4.69) is 15.0 Å². The summed E-state index contributed by atoms with van der Waals surface area (Å²) >= 11 is 1.54. The molecule has 2 aromatic rings. The van der Waals surface area contributed by atoms with E-state index in [1.54, 1.807) is 22.2 Å². The third kappa shape index (κ3) is 6.67. The van der Waals surface area contributed by atoms with Crippen LogP contribution in [0, 0.1) is 11.8 Å². The van der Waals surface area contributed by atoms with Crippen LogP contribution in [0.5, 0.6) is 5.19 Å². The van der Waals surface area contributed by atoms with Crippen molar-refractivity contribution in [3.05, 3.63) is 28.5 Å². The minimum Gasteiger partial charge on any atom is -0.466 e. The summed E-state index contributed by atoms with van der Waals surface area (Å²) in [5, 5.41) is 4.72. The van der Waals surface area contributed by atoms with Gasteiger partial charge in [-0.25, -0.2) is 13.8 Å². The van der Waals surface area contributed by atoms with Crippen molar-refractivity contribution in [3.63, 3.8) is 0 Å². The SMILES string of the molecule is Cn1cc(CC(=O)CC2CCC(CCN3CCc4nc(OC5CC(F)(F)C5)sc4CC3)CC2)cn1. The Morgan fingerprint density at radius 2 is 1.91 bits per heavy atom. The molecule has 0 bridgehead atoms. The lowest BCUT2D eigenvalue weighted by Crippen LogP contribution is -2.43. The molecule has 0 atom stereocenters. The molecule has 0 aromatic carbocycles. The summed E-state index contributed by atoms with van der Waals surface area (Å²) in [5.41, 5.74) is 2.11. The summed E-state index contributed by atoms with van der Waals surface area (Å²) in [5.74, 6) is -0.920. The molecule has 3 aliphatic rings. The summed E-state index contributed by atoms with van der Waals surface area (Å²) in [6.07, 6.45) is 12.1. The molecular formula is C26H36F2N4O2S. The van der Waals surface area contributed by atoms with E-state index in [4.69, 9.17) is 4.74 Å². The summed E-state index contributed by atoms with van der Waals surface area (Å²) in [4.78, 5) is 20.9. The molecule has 9 heteroatoms. The number of ketones is 1. The van der Waals surface area contributed by atoms with Crippen molar-refractivity contribution in [2.45, 2.75) is 82.7 Å². The Kier molecular flexibility index (Phi) is 7.53. The second-order valence-corrected chi connectivity index (χ2v) is 11.9. The van der Waals surface area contributed by atoms with Gasteiger partial charge >= 0.3 is 0 Å². The lowest BCUT2D eigenvalue weighted by Gasteiger charge is -2.33. The monoisotopic (exact) mass is 506 g/mol. The number of alkyl halides is 2. The van der Waals surface area contributed by atoms with Gasteiger partial charge in [-0.15, -0.1) is 0 Å². The van der Waals surface area contributed by atoms with Crippen LogP contribution >= 0.6 is 11.3 Å². The zero-order chi connectivity index (χ0) is 24.4. The van der Waals surface area contributed by atoms with Crippen LogP contribution in [-0.4, -0.2) is 57.1 Å². The Balaban J connectivity index is 0.987. The molecule has 2 aromatic heterocycles. The number of aryl methyl sites for hydroxylation is 1. The van der Waals surface area contributed by atoms with E-state index in [9.17, 15) is 13.6 Å². The predicted octanol–water partition coefficient (Wildman–Crippen LogP) is 4.85. The van der Waals surface area contributed by atoms with Gasteiger partial charge in [0.25, 0.3) is 11.1 Å². The molecular weight excluding hydrogens is 470 g/mol. The number of rotatable bonds is 9. The number of thiazole rings is 1. The predicted molar refractivity (Wildman–Crippen MR) is 131 cm³/mol. The third-order valence-corrected chi connectivity index (χ3v) is 8.94. The fourth-order valence-electron chi connectivity index (χ4n) is 5.77. The Morgan fingerprint density at radius 3 is 2.63 bits per heavy atom. The maximum Gasteiger partial charge on any atom is 0.273 e. The first-order valence-electron chi connectivity index (χ1n) is 13.1. The average molecular weight is 507 g/mol. The number of carbonyl (C=O) groups excluding carboxylic acids is 1. The van der Waals surface area contributed by atoms with Gasteiger partial charge in [-0.2, -0.15) is 5.10 Å². The standard InChI is InChI=1S/C26H36F2N4O2S/c1-31-17-20(16-29-31)13-21(33)12-19-4-2-18(3-5-19)6-9-32-10-7-23-24(8-11-32)35-25(30-23)34-22-14-26(27,28)15-22/h16-19,22H,2-15H2,1H3. The van der Waals surface area contributed by atoms with Crippen LogP contribution in [0.25, 0.3) is 0 Å². The molecule has 2 aliphatic carbocycles. The Morgan fingerprint density at radius 1 is 1.17 bits per heavy atom. The summed E-state index contributed by atoms with van der Waals surface area (Å²) < 4.78 is 33.5. The first-order valence-corrected chi connectivity index (χ1v) is 13.9. The number of ether oxygens (including phenoxy) is 1. The molecule has 2 fully saturated rings. The normalized spacial score (nSPS) is 25.0. The highest BCUT2D eigenvalue weighted by Gasteiger charge is 2.47. The lowest BCUT2D eigenvalue weighted by atomic mass is 9.78. The van der Waals surface area contributed by atoms with Gasteiger partial charge in [0.1, 0.15) is 11.9 Å². The summed E-state index contributed by atoms with van der Waals surface area (Å²) in [6.45, 7) is 3.13. The van der Waals surface area contributed by atoms with Crippen molar-refractivity contribution in [2.24, 2.45) is 18.9 Å². The highest BCUT2D eigenvalue weighted by atomic mass is 32.1. The fraction of sp³-hybridized carbons (Fsp3) is 0.731. The number of fused-ring (bicyclic) bond motifs is 1. The van der Waals surface area contributed by atoms with Crippen molar-refractivity contribution in [2.75, 3.05) is 19.6 Å². The molecule has 192 valence electrons. The number of nitrogens with zero attached hydrogens (tertiary/aromatic N) is 4. The van der Waals surface area contributed by atoms with Gasteiger partial charge < -0.3 is 9.64 Å². The van der Waals surface area contributed by atoms with E-state index in [0.29, 0.717) is 29.7 Å². The van der Waals surface area contributed by atoms with Gasteiger partial charge in [0, 0.05) is 63.3 Å². The van der Waals surface area contributed by atoms with Crippen molar-refractivity contribution in [3.8, 4) is 5.19 Å². The number of aromatic nitrogens is 3. The van der Waals surface area contributed by atoms with Crippen LogP contribution in [0.2, 0.25) is 0 Å². The average Bonchev–Trinajstić information content (AvgIpc) is 3.32. The zero-order valence-electron chi connectivity index (χ0n) is 20.6. The quantitative estimate of drug-likeness (QED) is 0.487. The number of Topliss-reactive ketones (excluding diaryl/α,β-unsaturated/α-hetero) is 1. The highest BCUT2D eigenvalue weighted by molar-refractivity contribution is 7.13. The van der Waals surface area contributed by atoms with Crippen LogP contribution in [-0.2, 0) is 31.1 Å². The minimum atomic E-state index is -2.56. The van der Waals surface area contributed by atoms with E-state index >= 15 is 0 Å². The van der Waals surface area contributed by atoms with Crippen LogP contribution in [0.1, 0.15) is 67.5 Å². The molecule has 6 nitrogen and oxygen atoms in total. The van der Waals surface area contributed by atoms with Crippen LogP contribution in [0.15, 0.2) is 12.4 Å². The largest absolute Gasteiger partial charge is 0.466 e. The molecule has 5 rings (SSSR count). The van der Waals surface area contributed by atoms with E-state index in [-0.39, 0.29) is 18.9 Å². The second kappa shape index (κ2) is 10.6. The molecule has 1 aliphatic heterocycles. The number of hydrogen-bond donors (Lipinski definition) is 0. The molecule has 0 radical (unpaired) electrons. The molecule has 0 amide bonds. The van der Waals surface area contributed by atoms with E-state index in [0.717, 1.165) is 49.7 Å². The Labute approximate surface area is 210 Å². The highest BCUT2D eigenvalue weighted by Crippen LogP contribution is 2.41. The molecule has 0 unspecified atom stereocenters. The van der Waals surface area contributed by atoms with Gasteiger partial charge in [0.05, 0.1) is 11.9 Å². The van der Waals surface area contributed by atoms with E-state index < -0.39 is 5.92 Å². The summed E-state index contributed by atoms with van der Waals surface area (Å²) in [7, 11) is 1.88. The minimum absolute atomic E-state index is 0.186. The number of hydrogen-bond acceptors (Lipinski definition) is 6. The number of carbonyl (C=O) groups is 1. The van der Waals surface area contributed by atoms with E-state index in [1.807, 2.05) is 13.2 Å². The Bertz CT molecular complexity index is 981. The maximum atomic E-state index is 13.0. The maximum absolute atomic E-state index is 13.0. The van der Waals surface area contributed by atoms with Crippen molar-refractivity contribution < 1.29 is 18.3 Å².